The van der Waals surface area contributed by atoms with Crippen LogP contribution in [0.3, 0.4) is 0 Å². The standard InChI is InChI=1S/C17H24FN3O4S/c1-3-8-26(24,25)21-7-5-4-6-15(21)17(23)20-14-10-12(16(19)22)9-13(18)11(14)2/h9-10,15H,3-8H2,1-2H3,(H2,19,22)(H,20,23). The molecule has 0 bridgehead atoms. The van der Waals surface area contributed by atoms with Gasteiger partial charge in [-0.05, 0) is 38.3 Å². The van der Waals surface area contributed by atoms with E-state index in [9.17, 15) is 22.4 Å². The Kier molecular flexibility index (Phi) is 6.35. The minimum atomic E-state index is -3.54. The number of sulfonamides is 1. The van der Waals surface area contributed by atoms with E-state index in [1.165, 1.54) is 17.3 Å². The van der Waals surface area contributed by atoms with Crippen LogP contribution in [-0.4, -0.2) is 42.9 Å². The van der Waals surface area contributed by atoms with Crippen molar-refractivity contribution < 1.29 is 22.4 Å². The van der Waals surface area contributed by atoms with E-state index in [4.69, 9.17) is 5.73 Å². The molecule has 2 amide bonds. The lowest BCUT2D eigenvalue weighted by molar-refractivity contribution is -0.120. The molecule has 1 aliphatic heterocycles. The van der Waals surface area contributed by atoms with Crippen molar-refractivity contribution in [3.05, 3.63) is 29.1 Å². The number of rotatable bonds is 6. The molecule has 1 fully saturated rings. The van der Waals surface area contributed by atoms with Crippen LogP contribution in [0, 0.1) is 12.7 Å². The van der Waals surface area contributed by atoms with Gasteiger partial charge in [-0.25, -0.2) is 12.8 Å². The molecule has 144 valence electrons. The molecule has 3 N–H and O–H groups in total. The molecule has 1 unspecified atom stereocenters. The SMILES string of the molecule is CCCS(=O)(=O)N1CCCCC1C(=O)Nc1cc(C(N)=O)cc(F)c1C. The Morgan fingerprint density at radius 2 is 2.04 bits per heavy atom. The second kappa shape index (κ2) is 8.13. The first-order valence-corrected chi connectivity index (χ1v) is 10.2. The van der Waals surface area contributed by atoms with Gasteiger partial charge < -0.3 is 11.1 Å². The highest BCUT2D eigenvalue weighted by atomic mass is 32.2. The molecule has 7 nitrogen and oxygen atoms in total. The third-order valence-electron chi connectivity index (χ3n) is 4.46. The Morgan fingerprint density at radius 1 is 1.35 bits per heavy atom. The molecule has 0 spiro atoms. The number of nitrogens with one attached hydrogen (secondary N) is 1. The van der Waals surface area contributed by atoms with Crippen molar-refractivity contribution in [3.8, 4) is 0 Å². The van der Waals surface area contributed by atoms with Crippen LogP contribution in [-0.2, 0) is 14.8 Å². The van der Waals surface area contributed by atoms with Gasteiger partial charge in [0.2, 0.25) is 21.8 Å². The summed E-state index contributed by atoms with van der Waals surface area (Å²) in [6.45, 7) is 3.51. The normalized spacial score (nSPS) is 18.5. The van der Waals surface area contributed by atoms with E-state index < -0.39 is 33.7 Å². The lowest BCUT2D eigenvalue weighted by Gasteiger charge is -2.33. The monoisotopic (exact) mass is 385 g/mol. The van der Waals surface area contributed by atoms with Crippen LogP contribution >= 0.6 is 0 Å². The van der Waals surface area contributed by atoms with Gasteiger partial charge in [0.15, 0.2) is 0 Å². The van der Waals surface area contributed by atoms with Crippen molar-refractivity contribution in [2.75, 3.05) is 17.6 Å². The fourth-order valence-electron chi connectivity index (χ4n) is 3.04. The molecule has 0 saturated carbocycles. The van der Waals surface area contributed by atoms with E-state index in [1.54, 1.807) is 6.92 Å². The van der Waals surface area contributed by atoms with E-state index in [-0.39, 0.29) is 29.1 Å². The van der Waals surface area contributed by atoms with Gasteiger partial charge in [0.1, 0.15) is 11.9 Å². The zero-order valence-corrected chi connectivity index (χ0v) is 15.7. The fraction of sp³-hybridized carbons (Fsp3) is 0.529. The van der Waals surface area contributed by atoms with Gasteiger partial charge in [0.05, 0.1) is 5.75 Å². The molecule has 26 heavy (non-hydrogen) atoms. The molecule has 0 aromatic heterocycles. The fourth-order valence-corrected chi connectivity index (χ4v) is 4.79. The lowest BCUT2D eigenvalue weighted by atomic mass is 10.0. The summed E-state index contributed by atoms with van der Waals surface area (Å²) in [6, 6.07) is 1.46. The third-order valence-corrected chi connectivity index (χ3v) is 6.54. The quantitative estimate of drug-likeness (QED) is 0.777. The van der Waals surface area contributed by atoms with Crippen LogP contribution in [0.5, 0.6) is 0 Å². The number of carbonyl (C=O) groups is 2. The number of hydrogen-bond acceptors (Lipinski definition) is 4. The van der Waals surface area contributed by atoms with Crippen molar-refractivity contribution >= 4 is 27.5 Å². The van der Waals surface area contributed by atoms with E-state index in [0.717, 1.165) is 12.5 Å². The predicted molar refractivity (Wildman–Crippen MR) is 96.7 cm³/mol. The minimum Gasteiger partial charge on any atom is -0.366 e. The average molecular weight is 385 g/mol. The molecule has 0 aliphatic carbocycles. The summed E-state index contributed by atoms with van der Waals surface area (Å²) in [4.78, 5) is 24.0. The van der Waals surface area contributed by atoms with Crippen LogP contribution in [0.4, 0.5) is 10.1 Å². The summed E-state index contributed by atoms with van der Waals surface area (Å²) in [6.07, 6.45) is 2.27. The van der Waals surface area contributed by atoms with E-state index in [0.29, 0.717) is 19.3 Å². The number of primary amides is 1. The highest BCUT2D eigenvalue weighted by Gasteiger charge is 2.36. The first-order valence-electron chi connectivity index (χ1n) is 8.57. The molecule has 1 heterocycles. The number of halogens is 1. The number of amides is 2. The Hall–Kier alpha value is -2.00. The second-order valence-corrected chi connectivity index (χ2v) is 8.46. The number of nitrogens with two attached hydrogens (primary N) is 1. The Labute approximate surface area is 152 Å². The lowest BCUT2D eigenvalue weighted by Crippen LogP contribution is -2.50. The number of benzene rings is 1. The molecule has 1 aromatic carbocycles. The van der Waals surface area contributed by atoms with Gasteiger partial charge >= 0.3 is 0 Å². The van der Waals surface area contributed by atoms with E-state index >= 15 is 0 Å². The van der Waals surface area contributed by atoms with Crippen molar-refractivity contribution in [1.82, 2.24) is 4.31 Å². The Bertz CT molecular complexity index is 810. The molecule has 1 aromatic rings. The van der Waals surface area contributed by atoms with Crippen LogP contribution in [0.2, 0.25) is 0 Å². The molecular formula is C17H24FN3O4S. The van der Waals surface area contributed by atoms with E-state index in [1.807, 2.05) is 0 Å². The highest BCUT2D eigenvalue weighted by Crippen LogP contribution is 2.25. The van der Waals surface area contributed by atoms with Crippen LogP contribution in [0.15, 0.2) is 12.1 Å². The summed E-state index contributed by atoms with van der Waals surface area (Å²) in [5.41, 5.74) is 5.38. The van der Waals surface area contributed by atoms with E-state index in [2.05, 4.69) is 5.32 Å². The smallest absolute Gasteiger partial charge is 0.248 e. The third kappa shape index (κ3) is 4.39. The maximum absolute atomic E-state index is 14.0. The maximum Gasteiger partial charge on any atom is 0.248 e. The predicted octanol–water partition coefficient (Wildman–Crippen LogP) is 1.77. The maximum atomic E-state index is 14.0. The van der Waals surface area contributed by atoms with Gasteiger partial charge in [0.25, 0.3) is 0 Å². The topological polar surface area (TPSA) is 110 Å². The molecule has 1 saturated heterocycles. The van der Waals surface area contributed by atoms with Gasteiger partial charge in [-0.3, -0.25) is 9.59 Å². The largest absolute Gasteiger partial charge is 0.366 e. The summed E-state index contributed by atoms with van der Waals surface area (Å²) >= 11 is 0. The van der Waals surface area contributed by atoms with Gasteiger partial charge in [-0.15, -0.1) is 0 Å². The Balaban J connectivity index is 2.29. The number of hydrogen-bond donors (Lipinski definition) is 2. The number of nitrogens with zero attached hydrogens (tertiary/aromatic N) is 1. The number of piperidine rings is 1. The van der Waals surface area contributed by atoms with Crippen LogP contribution in [0.1, 0.15) is 48.5 Å². The molecule has 1 atom stereocenters. The highest BCUT2D eigenvalue weighted by molar-refractivity contribution is 7.89. The van der Waals surface area contributed by atoms with Crippen molar-refractivity contribution in [1.29, 1.82) is 0 Å². The van der Waals surface area contributed by atoms with Gasteiger partial charge in [-0.2, -0.15) is 4.31 Å². The number of anilines is 1. The summed E-state index contributed by atoms with van der Waals surface area (Å²) < 4.78 is 40.1. The van der Waals surface area contributed by atoms with Crippen molar-refractivity contribution in [3.63, 3.8) is 0 Å². The molecule has 9 heteroatoms. The molecule has 2 rings (SSSR count). The van der Waals surface area contributed by atoms with Crippen molar-refractivity contribution in [2.45, 2.75) is 45.6 Å². The zero-order chi connectivity index (χ0) is 19.5. The first-order chi connectivity index (χ1) is 12.2. The molecule has 1 aliphatic rings. The summed E-state index contributed by atoms with van der Waals surface area (Å²) in [5.74, 6) is -2.05. The summed E-state index contributed by atoms with van der Waals surface area (Å²) in [7, 11) is -3.54. The van der Waals surface area contributed by atoms with Gasteiger partial charge in [-0.1, -0.05) is 13.3 Å². The summed E-state index contributed by atoms with van der Waals surface area (Å²) in [5, 5.41) is 2.57. The number of carbonyl (C=O) groups excluding carboxylic acids is 2. The second-order valence-electron chi connectivity index (χ2n) is 6.42. The Morgan fingerprint density at radius 3 is 2.65 bits per heavy atom. The van der Waals surface area contributed by atoms with Crippen LogP contribution in [0.25, 0.3) is 0 Å². The minimum absolute atomic E-state index is 0.0262. The zero-order valence-electron chi connectivity index (χ0n) is 14.9. The van der Waals surface area contributed by atoms with Gasteiger partial charge in [0, 0.05) is 23.4 Å². The van der Waals surface area contributed by atoms with Crippen molar-refractivity contribution in [2.24, 2.45) is 5.73 Å². The molecular weight excluding hydrogens is 361 g/mol. The first kappa shape index (κ1) is 20.3. The van der Waals surface area contributed by atoms with Crippen LogP contribution < -0.4 is 11.1 Å². The molecule has 0 radical (unpaired) electrons. The average Bonchev–Trinajstić information content (AvgIpc) is 2.58.